The van der Waals surface area contributed by atoms with Crippen molar-refractivity contribution in [2.45, 2.75) is 77.8 Å². The topological polar surface area (TPSA) is 105 Å². The Balaban J connectivity index is 1.80. The molecule has 2 rings (SSSR count). The molecule has 0 unspecified atom stereocenters. The molecule has 8 heteroatoms. The van der Waals surface area contributed by atoms with Crippen LogP contribution in [0.5, 0.6) is 0 Å². The molecule has 0 aromatic heterocycles. The van der Waals surface area contributed by atoms with Crippen LogP contribution in [0.4, 0.5) is 4.79 Å². The summed E-state index contributed by atoms with van der Waals surface area (Å²) in [4.78, 5) is 49.9. The molecular weight excluding hydrogens is 362 g/mol. The number of esters is 1. The Hall–Kier alpha value is -2.12. The first-order chi connectivity index (χ1) is 13.2. The average molecular weight is 396 g/mol. The highest BCUT2D eigenvalue weighted by Crippen LogP contribution is 2.38. The Bertz CT molecular complexity index is 621. The van der Waals surface area contributed by atoms with Gasteiger partial charge in [-0.25, -0.2) is 4.79 Å². The minimum absolute atomic E-state index is 0.00723. The quantitative estimate of drug-likeness (QED) is 0.483. The lowest BCUT2D eigenvalue weighted by atomic mass is 9.73. The normalized spacial score (nSPS) is 25.8. The lowest BCUT2D eigenvalue weighted by Gasteiger charge is -2.36. The summed E-state index contributed by atoms with van der Waals surface area (Å²) in [6.07, 6.45) is 5.18. The van der Waals surface area contributed by atoms with Gasteiger partial charge < -0.3 is 15.4 Å². The second-order valence-electron chi connectivity index (χ2n) is 8.54. The molecule has 0 radical (unpaired) electrons. The zero-order chi connectivity index (χ0) is 20.9. The molecule has 1 aliphatic carbocycles. The fraction of sp³-hybridized carbons (Fsp3) is 0.800. The predicted octanol–water partition coefficient (Wildman–Crippen LogP) is 1.97. The molecule has 2 N–H and O–H groups in total. The predicted molar refractivity (Wildman–Crippen MR) is 103 cm³/mol. The Morgan fingerprint density at radius 2 is 1.96 bits per heavy atom. The maximum atomic E-state index is 12.8. The number of rotatable bonds is 8. The number of hydrogen-bond donors (Lipinski definition) is 2. The first-order valence-corrected chi connectivity index (χ1v) is 10.2. The molecule has 1 saturated carbocycles. The van der Waals surface area contributed by atoms with Crippen molar-refractivity contribution < 1.29 is 23.9 Å². The zero-order valence-corrected chi connectivity index (χ0v) is 17.4. The van der Waals surface area contributed by atoms with Crippen LogP contribution in [0.25, 0.3) is 0 Å². The van der Waals surface area contributed by atoms with Crippen molar-refractivity contribution in [1.29, 1.82) is 0 Å². The van der Waals surface area contributed by atoms with Crippen LogP contribution in [0.15, 0.2) is 0 Å². The van der Waals surface area contributed by atoms with E-state index in [1.54, 1.807) is 0 Å². The third-order valence-corrected chi connectivity index (χ3v) is 5.74. The highest BCUT2D eigenvalue weighted by atomic mass is 16.5. The number of carbonyl (C=O) groups is 4. The van der Waals surface area contributed by atoms with Gasteiger partial charge >= 0.3 is 12.0 Å². The van der Waals surface area contributed by atoms with Gasteiger partial charge in [-0.2, -0.15) is 0 Å². The summed E-state index contributed by atoms with van der Waals surface area (Å²) >= 11 is 0. The number of amides is 4. The number of urea groups is 1. The van der Waals surface area contributed by atoms with Crippen molar-refractivity contribution in [3.63, 3.8) is 0 Å². The lowest BCUT2D eigenvalue weighted by Crippen LogP contribution is -2.54. The van der Waals surface area contributed by atoms with Gasteiger partial charge in [0.05, 0.1) is 0 Å². The zero-order valence-electron chi connectivity index (χ0n) is 17.4. The van der Waals surface area contributed by atoms with Crippen LogP contribution < -0.4 is 10.6 Å². The van der Waals surface area contributed by atoms with Gasteiger partial charge in [-0.3, -0.25) is 19.3 Å². The number of carbonyl (C=O) groups excluding carboxylic acids is 4. The Morgan fingerprint density at radius 3 is 2.61 bits per heavy atom. The van der Waals surface area contributed by atoms with Crippen molar-refractivity contribution >= 4 is 23.8 Å². The van der Waals surface area contributed by atoms with E-state index in [-0.39, 0.29) is 23.8 Å². The minimum Gasteiger partial charge on any atom is -0.454 e. The van der Waals surface area contributed by atoms with E-state index >= 15 is 0 Å². The van der Waals surface area contributed by atoms with E-state index in [2.05, 4.69) is 24.5 Å². The van der Waals surface area contributed by atoms with Gasteiger partial charge in [-0.15, -0.1) is 0 Å². The molecule has 28 heavy (non-hydrogen) atoms. The molecule has 8 nitrogen and oxygen atoms in total. The number of nitrogens with zero attached hydrogens (tertiary/aromatic N) is 1. The van der Waals surface area contributed by atoms with Crippen LogP contribution in [0.1, 0.15) is 66.2 Å². The molecule has 1 spiro atoms. The fourth-order valence-electron chi connectivity index (χ4n) is 3.93. The Labute approximate surface area is 166 Å². The van der Waals surface area contributed by atoms with Gasteiger partial charge in [-0.05, 0) is 44.4 Å². The first-order valence-electron chi connectivity index (χ1n) is 10.2. The van der Waals surface area contributed by atoms with Crippen molar-refractivity contribution in [3.05, 3.63) is 0 Å². The molecule has 158 valence electrons. The fourth-order valence-corrected chi connectivity index (χ4v) is 3.93. The monoisotopic (exact) mass is 395 g/mol. The van der Waals surface area contributed by atoms with Gasteiger partial charge in [0, 0.05) is 6.04 Å². The smallest absolute Gasteiger partial charge is 0.326 e. The summed E-state index contributed by atoms with van der Waals surface area (Å²) in [6, 6.07) is -0.574. The van der Waals surface area contributed by atoms with Gasteiger partial charge in [0.1, 0.15) is 12.1 Å². The molecule has 1 saturated heterocycles. The molecular formula is C20H33N3O5. The minimum atomic E-state index is -0.904. The number of ether oxygens (including phenoxy) is 1. The average Bonchev–Trinajstić information content (AvgIpc) is 2.86. The highest BCUT2D eigenvalue weighted by molar-refractivity contribution is 6.09. The largest absolute Gasteiger partial charge is 0.454 e. The summed E-state index contributed by atoms with van der Waals surface area (Å²) in [5.74, 6) is -0.949. The molecule has 1 heterocycles. The van der Waals surface area contributed by atoms with Crippen molar-refractivity contribution in [1.82, 2.24) is 15.5 Å². The number of hydrogen-bond acceptors (Lipinski definition) is 5. The van der Waals surface area contributed by atoms with Crippen LogP contribution in [0.3, 0.4) is 0 Å². The van der Waals surface area contributed by atoms with Crippen LogP contribution in [0, 0.1) is 11.8 Å². The maximum Gasteiger partial charge on any atom is 0.326 e. The molecule has 0 bridgehead atoms. The summed E-state index contributed by atoms with van der Waals surface area (Å²) in [7, 11) is 0. The van der Waals surface area contributed by atoms with E-state index < -0.39 is 30.7 Å². The summed E-state index contributed by atoms with van der Waals surface area (Å²) in [5, 5.41) is 5.57. The van der Waals surface area contributed by atoms with E-state index in [1.165, 1.54) is 0 Å². The summed E-state index contributed by atoms with van der Waals surface area (Å²) < 4.78 is 4.97. The van der Waals surface area contributed by atoms with Crippen LogP contribution >= 0.6 is 0 Å². The second-order valence-corrected chi connectivity index (χ2v) is 8.54. The first kappa shape index (κ1) is 22.2. The molecule has 3 atom stereocenters. The SMILES string of the molecule is CC(C)CC[C@H](C)NC(=O)COC(=O)CN1C(=O)N[C@]2(CCCC[C@H]2C)C1=O. The van der Waals surface area contributed by atoms with E-state index in [1.807, 2.05) is 13.8 Å². The molecule has 1 aliphatic heterocycles. The molecule has 2 aliphatic rings. The van der Waals surface area contributed by atoms with Gasteiger partial charge in [0.25, 0.3) is 11.8 Å². The lowest BCUT2D eigenvalue weighted by molar-refractivity contribution is -0.151. The second kappa shape index (κ2) is 9.39. The standard InChI is InChI=1S/C20H33N3O5/c1-13(2)8-9-15(4)21-16(24)12-28-17(25)11-23-18(26)20(22-19(23)27)10-6-5-7-14(20)3/h13-15H,5-12H2,1-4H3,(H,21,24)(H,22,27)/t14-,15+,20+/m1/s1. The van der Waals surface area contributed by atoms with E-state index in [0.29, 0.717) is 12.3 Å². The third kappa shape index (κ3) is 5.23. The maximum absolute atomic E-state index is 12.8. The van der Waals surface area contributed by atoms with Crippen LogP contribution in [-0.4, -0.2) is 53.4 Å². The third-order valence-electron chi connectivity index (χ3n) is 5.74. The van der Waals surface area contributed by atoms with E-state index in [4.69, 9.17) is 4.74 Å². The van der Waals surface area contributed by atoms with Gasteiger partial charge in [-0.1, -0.05) is 33.6 Å². The number of nitrogens with one attached hydrogen (secondary N) is 2. The molecule has 4 amide bonds. The Morgan fingerprint density at radius 1 is 1.25 bits per heavy atom. The molecule has 0 aromatic rings. The van der Waals surface area contributed by atoms with Crippen LogP contribution in [-0.2, 0) is 19.1 Å². The number of imide groups is 1. The van der Waals surface area contributed by atoms with Crippen molar-refractivity contribution in [3.8, 4) is 0 Å². The van der Waals surface area contributed by atoms with Crippen LogP contribution in [0.2, 0.25) is 0 Å². The van der Waals surface area contributed by atoms with Crippen molar-refractivity contribution in [2.75, 3.05) is 13.2 Å². The molecule has 0 aromatic carbocycles. The molecule has 2 fully saturated rings. The van der Waals surface area contributed by atoms with Gasteiger partial charge in [0.2, 0.25) is 0 Å². The summed E-state index contributed by atoms with van der Waals surface area (Å²) in [5.41, 5.74) is -0.904. The van der Waals surface area contributed by atoms with E-state index in [0.717, 1.165) is 37.0 Å². The van der Waals surface area contributed by atoms with E-state index in [9.17, 15) is 19.2 Å². The van der Waals surface area contributed by atoms with Crippen molar-refractivity contribution in [2.24, 2.45) is 11.8 Å². The highest BCUT2D eigenvalue weighted by Gasteiger charge is 2.55. The Kier molecular flexibility index (Phi) is 7.43. The summed E-state index contributed by atoms with van der Waals surface area (Å²) in [6.45, 7) is 7.18. The van der Waals surface area contributed by atoms with Gasteiger partial charge in [0.15, 0.2) is 6.61 Å².